The number of nitrogens with zero attached hydrogens (tertiary/aromatic N) is 2. The fraction of sp³-hybridized carbons (Fsp3) is 0.667. The maximum Gasteiger partial charge on any atom is 0.276 e. The van der Waals surface area contributed by atoms with Gasteiger partial charge >= 0.3 is 0 Å². The molecule has 0 amide bonds. The van der Waals surface area contributed by atoms with Gasteiger partial charge in [0.05, 0.1) is 17.1 Å². The third-order valence-corrected chi connectivity index (χ3v) is 4.53. The zero-order chi connectivity index (χ0) is 14.9. The maximum atomic E-state index is 11.0. The third kappa shape index (κ3) is 3.25. The van der Waals surface area contributed by atoms with E-state index in [2.05, 4.69) is 22.5 Å². The number of pyridine rings is 1. The van der Waals surface area contributed by atoms with E-state index < -0.39 is 0 Å². The van der Waals surface area contributed by atoms with E-state index in [1.165, 1.54) is 37.8 Å². The largest absolute Gasteiger partial charge is 0.370 e. The van der Waals surface area contributed by atoms with Crippen molar-refractivity contribution >= 4 is 17.3 Å². The first-order valence-corrected chi connectivity index (χ1v) is 7.77. The molecule has 0 unspecified atom stereocenters. The van der Waals surface area contributed by atoms with Crippen molar-refractivity contribution in [3.63, 3.8) is 0 Å². The Bertz CT molecular complexity index is 538. The summed E-state index contributed by atoms with van der Waals surface area (Å²) in [7, 11) is 0. The van der Waals surface area contributed by atoms with Crippen molar-refractivity contribution in [2.24, 2.45) is 11.3 Å². The molecular formula is C15H22N4O2. The summed E-state index contributed by atoms with van der Waals surface area (Å²) in [5.74, 6) is 2.04. The molecule has 0 aliphatic heterocycles. The van der Waals surface area contributed by atoms with Crippen LogP contribution in [0.15, 0.2) is 12.1 Å². The van der Waals surface area contributed by atoms with Crippen LogP contribution in [0.25, 0.3) is 0 Å². The van der Waals surface area contributed by atoms with Crippen LogP contribution >= 0.6 is 0 Å². The Kier molecular flexibility index (Phi) is 3.69. The molecule has 0 radical (unpaired) electrons. The van der Waals surface area contributed by atoms with Crippen molar-refractivity contribution in [3.8, 4) is 0 Å². The molecule has 21 heavy (non-hydrogen) atoms. The highest BCUT2D eigenvalue weighted by molar-refractivity contribution is 5.54. The molecule has 6 nitrogen and oxygen atoms in total. The molecular weight excluding hydrogens is 268 g/mol. The van der Waals surface area contributed by atoms with Crippen LogP contribution in [0.3, 0.4) is 0 Å². The van der Waals surface area contributed by atoms with E-state index in [0.717, 1.165) is 25.4 Å². The van der Waals surface area contributed by atoms with Crippen molar-refractivity contribution in [2.45, 2.75) is 39.0 Å². The van der Waals surface area contributed by atoms with Gasteiger partial charge in [0.15, 0.2) is 0 Å². The fourth-order valence-electron chi connectivity index (χ4n) is 2.91. The van der Waals surface area contributed by atoms with Gasteiger partial charge in [-0.15, -0.1) is 0 Å². The van der Waals surface area contributed by atoms with Crippen LogP contribution in [0.2, 0.25) is 0 Å². The van der Waals surface area contributed by atoms with Gasteiger partial charge in [-0.25, -0.2) is 4.98 Å². The Balaban J connectivity index is 1.70. The number of hydrogen-bond acceptors (Lipinski definition) is 5. The Morgan fingerprint density at radius 2 is 2.00 bits per heavy atom. The minimum Gasteiger partial charge on any atom is -0.370 e. The quantitative estimate of drug-likeness (QED) is 0.566. The zero-order valence-corrected chi connectivity index (χ0v) is 12.4. The molecule has 0 atom stereocenters. The molecule has 0 saturated heterocycles. The zero-order valence-electron chi connectivity index (χ0n) is 12.4. The summed E-state index contributed by atoms with van der Waals surface area (Å²) in [5.41, 5.74) is 0.533. The van der Waals surface area contributed by atoms with Gasteiger partial charge in [-0.1, -0.05) is 6.92 Å². The summed E-state index contributed by atoms with van der Waals surface area (Å²) in [6.45, 7) is 3.70. The number of anilines is 2. The van der Waals surface area contributed by atoms with E-state index >= 15 is 0 Å². The number of nitro groups is 1. The van der Waals surface area contributed by atoms with E-state index in [4.69, 9.17) is 0 Å². The molecule has 2 saturated carbocycles. The summed E-state index contributed by atoms with van der Waals surface area (Å²) in [4.78, 5) is 15.1. The number of nitrogens with one attached hydrogen (secondary N) is 2. The second-order valence-electron chi connectivity index (χ2n) is 6.27. The molecule has 1 aromatic heterocycles. The topological polar surface area (TPSA) is 80.1 Å². The third-order valence-electron chi connectivity index (χ3n) is 4.53. The predicted octanol–water partition coefficient (Wildman–Crippen LogP) is 3.41. The lowest BCUT2D eigenvalue weighted by molar-refractivity contribution is -0.384. The number of aromatic nitrogens is 1. The van der Waals surface area contributed by atoms with Crippen LogP contribution < -0.4 is 10.6 Å². The van der Waals surface area contributed by atoms with E-state index in [1.54, 1.807) is 0 Å². The fourth-order valence-corrected chi connectivity index (χ4v) is 2.91. The first kappa shape index (κ1) is 14.1. The summed E-state index contributed by atoms with van der Waals surface area (Å²) in [6, 6.07) is 3.02. The Hall–Kier alpha value is -1.85. The smallest absolute Gasteiger partial charge is 0.276 e. The second-order valence-corrected chi connectivity index (χ2v) is 6.27. The second kappa shape index (κ2) is 5.50. The van der Waals surface area contributed by atoms with Gasteiger partial charge in [0.25, 0.3) is 5.69 Å². The molecule has 0 spiro atoms. The Morgan fingerprint density at radius 1 is 1.33 bits per heavy atom. The van der Waals surface area contributed by atoms with E-state index in [0.29, 0.717) is 17.1 Å². The SMILES string of the molecule is CCCNc1cc([N+](=O)[O-])cc(NCC2(C3CC3)CC2)n1. The minimum absolute atomic E-state index is 0.0855. The lowest BCUT2D eigenvalue weighted by Gasteiger charge is -2.16. The molecule has 6 heteroatoms. The van der Waals surface area contributed by atoms with Crippen molar-refractivity contribution in [2.75, 3.05) is 23.7 Å². The molecule has 2 fully saturated rings. The van der Waals surface area contributed by atoms with Crippen LogP contribution in [0.4, 0.5) is 17.3 Å². The average Bonchev–Trinajstić information content (AvgIpc) is 3.35. The molecule has 1 heterocycles. The van der Waals surface area contributed by atoms with E-state index in [-0.39, 0.29) is 10.6 Å². The average molecular weight is 290 g/mol. The van der Waals surface area contributed by atoms with Crippen molar-refractivity contribution < 1.29 is 4.92 Å². The van der Waals surface area contributed by atoms with Gasteiger partial charge in [-0.2, -0.15) is 0 Å². The van der Waals surface area contributed by atoms with Crippen LogP contribution in [0, 0.1) is 21.4 Å². The number of hydrogen-bond donors (Lipinski definition) is 2. The first-order valence-electron chi connectivity index (χ1n) is 7.77. The Morgan fingerprint density at radius 3 is 2.52 bits per heavy atom. The normalized spacial score (nSPS) is 19.1. The number of rotatable bonds is 8. The lowest BCUT2D eigenvalue weighted by atomic mass is 10.0. The standard InChI is InChI=1S/C15H22N4O2/c1-2-7-16-13-8-12(19(20)21)9-14(18-13)17-10-15(5-6-15)11-3-4-11/h8-9,11H,2-7,10H2,1H3,(H2,16,17,18). The van der Waals surface area contributed by atoms with Gasteiger partial charge in [0.2, 0.25) is 0 Å². The molecule has 114 valence electrons. The van der Waals surface area contributed by atoms with E-state index in [1.807, 2.05) is 0 Å². The molecule has 0 bridgehead atoms. The summed E-state index contributed by atoms with van der Waals surface area (Å²) >= 11 is 0. The minimum atomic E-state index is -0.363. The molecule has 2 N–H and O–H groups in total. The highest BCUT2D eigenvalue weighted by Crippen LogP contribution is 2.61. The molecule has 2 aliphatic carbocycles. The predicted molar refractivity (Wildman–Crippen MR) is 82.6 cm³/mol. The first-order chi connectivity index (χ1) is 10.1. The molecule has 0 aromatic carbocycles. The van der Waals surface area contributed by atoms with Crippen molar-refractivity contribution in [1.82, 2.24) is 4.98 Å². The van der Waals surface area contributed by atoms with Gasteiger partial charge in [0.1, 0.15) is 11.6 Å². The van der Waals surface area contributed by atoms with E-state index in [9.17, 15) is 10.1 Å². The monoisotopic (exact) mass is 290 g/mol. The van der Waals surface area contributed by atoms with Gasteiger partial charge in [-0.05, 0) is 43.4 Å². The van der Waals surface area contributed by atoms with Gasteiger partial charge < -0.3 is 10.6 Å². The van der Waals surface area contributed by atoms with Crippen LogP contribution in [0.5, 0.6) is 0 Å². The highest BCUT2D eigenvalue weighted by Gasteiger charge is 2.53. The molecule has 3 rings (SSSR count). The van der Waals surface area contributed by atoms with Crippen LogP contribution in [0.1, 0.15) is 39.0 Å². The molecule has 2 aliphatic rings. The van der Waals surface area contributed by atoms with Gasteiger partial charge in [0, 0.05) is 13.1 Å². The lowest BCUT2D eigenvalue weighted by Crippen LogP contribution is -2.18. The summed E-state index contributed by atoms with van der Waals surface area (Å²) < 4.78 is 0. The maximum absolute atomic E-state index is 11.0. The highest BCUT2D eigenvalue weighted by atomic mass is 16.6. The summed E-state index contributed by atoms with van der Waals surface area (Å²) in [6.07, 6.45) is 6.19. The Labute approximate surface area is 124 Å². The van der Waals surface area contributed by atoms with Crippen LogP contribution in [-0.4, -0.2) is 23.0 Å². The molecule has 1 aromatic rings. The van der Waals surface area contributed by atoms with Gasteiger partial charge in [-0.3, -0.25) is 10.1 Å². The van der Waals surface area contributed by atoms with Crippen LogP contribution in [-0.2, 0) is 0 Å². The van der Waals surface area contributed by atoms with Crippen molar-refractivity contribution in [3.05, 3.63) is 22.2 Å². The van der Waals surface area contributed by atoms with Crippen molar-refractivity contribution in [1.29, 1.82) is 0 Å². The summed E-state index contributed by atoms with van der Waals surface area (Å²) in [5, 5.41) is 17.5.